The Morgan fingerprint density at radius 2 is 2.00 bits per heavy atom. The number of thiophene rings is 1. The maximum absolute atomic E-state index is 14.0. The largest absolute Gasteiger partial charge is 0.339 e. The van der Waals surface area contributed by atoms with E-state index >= 15 is 0 Å². The molecule has 3 heterocycles. The monoisotopic (exact) mass is 495 g/mol. The molecule has 0 saturated carbocycles. The molecule has 7 heteroatoms. The smallest absolute Gasteiger partial charge is 0.267 e. The topological polar surface area (TPSA) is 55.2 Å². The first-order valence-electron chi connectivity index (χ1n) is 12.5. The summed E-state index contributed by atoms with van der Waals surface area (Å²) in [5.41, 5.74) is 4.28. The number of hydrogen-bond donors (Lipinski definition) is 0. The van der Waals surface area contributed by atoms with Crippen LogP contribution in [-0.2, 0) is 17.6 Å². The fourth-order valence-electron chi connectivity index (χ4n) is 5.51. The van der Waals surface area contributed by atoms with E-state index in [0.717, 1.165) is 72.1 Å². The summed E-state index contributed by atoms with van der Waals surface area (Å²) >= 11 is 3.08. The van der Waals surface area contributed by atoms with Gasteiger partial charge in [0.15, 0.2) is 5.16 Å². The van der Waals surface area contributed by atoms with E-state index in [-0.39, 0.29) is 11.5 Å². The van der Waals surface area contributed by atoms with Gasteiger partial charge in [-0.15, -0.1) is 11.3 Å². The van der Waals surface area contributed by atoms with Crippen molar-refractivity contribution in [2.75, 3.05) is 12.3 Å². The van der Waals surface area contributed by atoms with E-state index in [1.165, 1.54) is 35.0 Å². The van der Waals surface area contributed by atoms with Crippen LogP contribution in [0.5, 0.6) is 0 Å². The summed E-state index contributed by atoms with van der Waals surface area (Å²) < 4.78 is 1.77. The number of carbonyl (C=O) groups excluding carboxylic acids is 1. The fourth-order valence-corrected chi connectivity index (χ4v) is 7.71. The van der Waals surface area contributed by atoms with Crippen LogP contribution in [0.25, 0.3) is 15.9 Å². The van der Waals surface area contributed by atoms with Crippen molar-refractivity contribution in [2.45, 2.75) is 83.3 Å². The Balaban J connectivity index is 1.57. The van der Waals surface area contributed by atoms with E-state index < -0.39 is 0 Å². The SMILES string of the molecule is CCC1CCCCN1C(=O)CSc1nc2sc3c(c2c(=O)n1-c1ccc(C)cc1C)CCCC3. The Kier molecular flexibility index (Phi) is 6.85. The number of hydrogen-bond acceptors (Lipinski definition) is 5. The van der Waals surface area contributed by atoms with Crippen molar-refractivity contribution >= 4 is 39.2 Å². The fraction of sp³-hybridized carbons (Fsp3) is 0.519. The maximum Gasteiger partial charge on any atom is 0.267 e. The zero-order valence-corrected chi connectivity index (χ0v) is 22.0. The number of carbonyl (C=O) groups is 1. The first kappa shape index (κ1) is 23.6. The molecule has 1 saturated heterocycles. The number of amides is 1. The highest BCUT2D eigenvalue weighted by molar-refractivity contribution is 7.99. The summed E-state index contributed by atoms with van der Waals surface area (Å²) in [5, 5.41) is 1.42. The van der Waals surface area contributed by atoms with Crippen molar-refractivity contribution in [1.82, 2.24) is 14.5 Å². The summed E-state index contributed by atoms with van der Waals surface area (Å²) in [6.07, 6.45) is 8.65. The van der Waals surface area contributed by atoms with E-state index in [9.17, 15) is 9.59 Å². The molecule has 5 rings (SSSR count). The van der Waals surface area contributed by atoms with Gasteiger partial charge in [0.25, 0.3) is 5.56 Å². The number of aryl methyl sites for hydroxylation is 4. The van der Waals surface area contributed by atoms with E-state index in [2.05, 4.69) is 24.8 Å². The second-order valence-electron chi connectivity index (χ2n) is 9.65. The van der Waals surface area contributed by atoms with Gasteiger partial charge in [0.1, 0.15) is 4.83 Å². The quantitative estimate of drug-likeness (QED) is 0.330. The minimum Gasteiger partial charge on any atom is -0.339 e. The van der Waals surface area contributed by atoms with Gasteiger partial charge >= 0.3 is 0 Å². The summed E-state index contributed by atoms with van der Waals surface area (Å²) in [6, 6.07) is 6.50. The molecule has 0 N–H and O–H groups in total. The number of rotatable bonds is 5. The molecule has 1 aliphatic carbocycles. The zero-order chi connectivity index (χ0) is 23.8. The maximum atomic E-state index is 14.0. The average Bonchev–Trinajstić information content (AvgIpc) is 3.22. The molecule has 180 valence electrons. The highest BCUT2D eigenvalue weighted by Gasteiger charge is 2.27. The molecule has 2 aromatic heterocycles. The van der Waals surface area contributed by atoms with Crippen LogP contribution in [0.15, 0.2) is 28.2 Å². The highest BCUT2D eigenvalue weighted by Crippen LogP contribution is 2.35. The van der Waals surface area contributed by atoms with Crippen LogP contribution in [-0.4, -0.2) is 38.7 Å². The molecule has 1 aliphatic heterocycles. The molecule has 1 unspecified atom stereocenters. The third-order valence-corrected chi connectivity index (χ3v) is 9.40. The number of fused-ring (bicyclic) bond motifs is 3. The molecule has 3 aromatic rings. The van der Waals surface area contributed by atoms with Crippen LogP contribution in [0.4, 0.5) is 0 Å². The van der Waals surface area contributed by atoms with Crippen molar-refractivity contribution in [3.05, 3.63) is 50.1 Å². The van der Waals surface area contributed by atoms with Crippen LogP contribution in [0, 0.1) is 13.8 Å². The molecule has 34 heavy (non-hydrogen) atoms. The lowest BCUT2D eigenvalue weighted by molar-refractivity contribution is -0.132. The third kappa shape index (κ3) is 4.33. The van der Waals surface area contributed by atoms with Crippen molar-refractivity contribution in [2.24, 2.45) is 0 Å². The van der Waals surface area contributed by atoms with Gasteiger partial charge in [0.05, 0.1) is 16.8 Å². The van der Waals surface area contributed by atoms with Gasteiger partial charge in [-0.05, 0) is 82.4 Å². The molecular weight excluding hydrogens is 462 g/mol. The van der Waals surface area contributed by atoms with Gasteiger partial charge in [-0.1, -0.05) is 36.4 Å². The predicted octanol–water partition coefficient (Wildman–Crippen LogP) is 5.83. The summed E-state index contributed by atoms with van der Waals surface area (Å²) in [7, 11) is 0. The molecule has 1 amide bonds. The lowest BCUT2D eigenvalue weighted by atomic mass is 9.97. The molecule has 5 nitrogen and oxygen atoms in total. The van der Waals surface area contributed by atoms with Crippen molar-refractivity contribution in [1.29, 1.82) is 0 Å². The first-order valence-corrected chi connectivity index (χ1v) is 14.3. The molecule has 1 fully saturated rings. The Morgan fingerprint density at radius 1 is 1.18 bits per heavy atom. The molecule has 0 spiro atoms. The Morgan fingerprint density at radius 3 is 2.79 bits per heavy atom. The van der Waals surface area contributed by atoms with Gasteiger partial charge in [0, 0.05) is 17.5 Å². The Hall–Kier alpha value is -2.12. The van der Waals surface area contributed by atoms with E-state index in [1.54, 1.807) is 15.9 Å². The normalized spacial score (nSPS) is 18.3. The van der Waals surface area contributed by atoms with Gasteiger partial charge in [-0.3, -0.25) is 14.2 Å². The minimum atomic E-state index is 0.00992. The first-order chi connectivity index (χ1) is 16.5. The molecule has 2 aliphatic rings. The number of thioether (sulfide) groups is 1. The van der Waals surface area contributed by atoms with E-state index in [1.807, 2.05) is 19.1 Å². The van der Waals surface area contributed by atoms with Crippen molar-refractivity contribution in [3.63, 3.8) is 0 Å². The summed E-state index contributed by atoms with van der Waals surface area (Å²) in [6.45, 7) is 7.11. The zero-order valence-electron chi connectivity index (χ0n) is 20.4. The lowest BCUT2D eigenvalue weighted by Gasteiger charge is -2.35. The van der Waals surface area contributed by atoms with Crippen LogP contribution in [0.3, 0.4) is 0 Å². The molecular formula is C27H33N3O2S2. The molecule has 0 radical (unpaired) electrons. The number of benzene rings is 1. The van der Waals surface area contributed by atoms with Gasteiger partial charge in [-0.2, -0.15) is 0 Å². The van der Waals surface area contributed by atoms with E-state index in [4.69, 9.17) is 4.98 Å². The number of nitrogens with zero attached hydrogens (tertiary/aromatic N) is 3. The minimum absolute atomic E-state index is 0.00992. The number of piperidine rings is 1. The number of aromatic nitrogens is 2. The van der Waals surface area contributed by atoms with Crippen LogP contribution < -0.4 is 5.56 Å². The summed E-state index contributed by atoms with van der Waals surface area (Å²) in [4.78, 5) is 36.4. The van der Waals surface area contributed by atoms with Crippen molar-refractivity contribution < 1.29 is 4.79 Å². The van der Waals surface area contributed by atoms with E-state index in [0.29, 0.717) is 17.0 Å². The average molecular weight is 496 g/mol. The Labute approximate surface area is 209 Å². The molecule has 1 atom stereocenters. The third-order valence-electron chi connectivity index (χ3n) is 7.29. The predicted molar refractivity (Wildman–Crippen MR) is 142 cm³/mol. The summed E-state index contributed by atoms with van der Waals surface area (Å²) in [5.74, 6) is 0.466. The van der Waals surface area contributed by atoms with Crippen LogP contribution >= 0.6 is 23.1 Å². The van der Waals surface area contributed by atoms with Gasteiger partial charge < -0.3 is 4.90 Å². The number of likely N-dealkylation sites (tertiary alicyclic amines) is 1. The standard InChI is InChI=1S/C27H33N3O2S2/c1-4-19-9-7-8-14-29(19)23(31)16-33-27-28-25-24(20-10-5-6-11-22(20)34-25)26(32)30(27)21-13-12-17(2)15-18(21)3/h12-13,15,19H,4-11,14,16H2,1-3H3. The van der Waals surface area contributed by atoms with Crippen LogP contribution in [0.2, 0.25) is 0 Å². The van der Waals surface area contributed by atoms with Gasteiger partial charge in [-0.25, -0.2) is 4.98 Å². The van der Waals surface area contributed by atoms with Crippen molar-refractivity contribution in [3.8, 4) is 5.69 Å². The highest BCUT2D eigenvalue weighted by atomic mass is 32.2. The second kappa shape index (κ2) is 9.86. The molecule has 0 bridgehead atoms. The second-order valence-corrected chi connectivity index (χ2v) is 11.7. The Bertz CT molecular complexity index is 1290. The lowest BCUT2D eigenvalue weighted by Crippen LogP contribution is -2.44. The van der Waals surface area contributed by atoms with Gasteiger partial charge in [0.2, 0.25) is 5.91 Å². The van der Waals surface area contributed by atoms with Crippen LogP contribution in [0.1, 0.15) is 67.0 Å². The molecule has 1 aromatic carbocycles.